The molecule has 0 saturated carbocycles. The molecular weight excluding hydrogens is 616 g/mol. The number of hydrogen-bond acceptors (Lipinski definition) is 4. The van der Waals surface area contributed by atoms with Gasteiger partial charge >= 0.3 is 57.4 Å². The highest BCUT2D eigenvalue weighted by atomic mass is 28.4. The van der Waals surface area contributed by atoms with Crippen LogP contribution in [0.25, 0.3) is 0 Å². The van der Waals surface area contributed by atoms with Crippen molar-refractivity contribution >= 4 is 9.05 Å². The van der Waals surface area contributed by atoms with Crippen molar-refractivity contribution in [3.8, 4) is 0 Å². The van der Waals surface area contributed by atoms with E-state index in [0.717, 1.165) is 0 Å². The summed E-state index contributed by atoms with van der Waals surface area (Å²) in [5.74, 6) is -25.3. The molecule has 0 unspecified atom stereocenters. The Morgan fingerprint density at radius 1 is 0.297 bits per heavy atom. The van der Waals surface area contributed by atoms with E-state index < -0.39 is 83.9 Å². The predicted molar refractivity (Wildman–Crippen MR) is 73.6 cm³/mol. The zero-order chi connectivity index (χ0) is 30.2. The molecule has 37 heavy (non-hydrogen) atoms. The van der Waals surface area contributed by atoms with Crippen molar-refractivity contribution in [3.05, 3.63) is 0 Å². The molecule has 25 heteroatoms. The molecule has 0 rings (SSSR count). The van der Waals surface area contributed by atoms with Crippen LogP contribution in [0, 0.1) is 0 Å². The molecule has 0 amide bonds. The SMILES string of the molecule is FC(F)(F)C(F)(F)CO[Si](OCC(F)(F)C(F)(F)F)(OCC(F)(F)C(F)(F)F)OCC(F)(F)C(F)(F)F. The van der Waals surface area contributed by atoms with Crippen molar-refractivity contribution in [1.82, 2.24) is 0 Å². The van der Waals surface area contributed by atoms with Crippen LogP contribution in [0.2, 0.25) is 0 Å². The van der Waals surface area contributed by atoms with Gasteiger partial charge in [-0.05, 0) is 0 Å². The lowest BCUT2D eigenvalue weighted by Gasteiger charge is -2.33. The van der Waals surface area contributed by atoms with Crippen LogP contribution in [-0.2, 0) is 17.7 Å². The van der Waals surface area contributed by atoms with Crippen LogP contribution >= 0.6 is 0 Å². The van der Waals surface area contributed by atoms with Crippen molar-refractivity contribution in [3.63, 3.8) is 0 Å². The lowest BCUT2D eigenvalue weighted by atomic mass is 10.3. The highest BCUT2D eigenvalue weighted by Crippen LogP contribution is 2.41. The van der Waals surface area contributed by atoms with Crippen molar-refractivity contribution in [2.24, 2.45) is 0 Å². The summed E-state index contributed by atoms with van der Waals surface area (Å²) >= 11 is 0. The zero-order valence-electron chi connectivity index (χ0n) is 16.5. The summed E-state index contributed by atoms with van der Waals surface area (Å²) in [5.41, 5.74) is 0. The Morgan fingerprint density at radius 3 is 0.541 bits per heavy atom. The van der Waals surface area contributed by atoms with Crippen LogP contribution < -0.4 is 0 Å². The second-order valence-corrected chi connectivity index (χ2v) is 8.62. The van der Waals surface area contributed by atoms with Gasteiger partial charge in [0, 0.05) is 0 Å². The molecule has 0 atom stereocenters. The minimum absolute atomic E-state index is 3.25. The fraction of sp³-hybridized carbons (Fsp3) is 1.00. The molecule has 0 aliphatic rings. The maximum absolute atomic E-state index is 13.1. The Morgan fingerprint density at radius 2 is 0.432 bits per heavy atom. The first-order valence-electron chi connectivity index (χ1n) is 8.17. The van der Waals surface area contributed by atoms with Crippen molar-refractivity contribution in [2.45, 2.75) is 48.4 Å². The van der Waals surface area contributed by atoms with Crippen LogP contribution in [0.4, 0.5) is 87.8 Å². The Bertz CT molecular complexity index is 612. The van der Waals surface area contributed by atoms with E-state index in [2.05, 4.69) is 17.7 Å². The van der Waals surface area contributed by atoms with Gasteiger partial charge in [0.05, 0.1) is 0 Å². The quantitative estimate of drug-likeness (QED) is 0.189. The summed E-state index contributed by atoms with van der Waals surface area (Å²) in [7, 11) is -7.47. The van der Waals surface area contributed by atoms with Gasteiger partial charge in [-0.15, -0.1) is 0 Å². The molecule has 0 fully saturated rings. The normalized spacial score (nSPS) is 15.9. The highest BCUT2D eigenvalue weighted by Gasteiger charge is 2.67. The molecule has 0 aromatic carbocycles. The Labute approximate surface area is 190 Å². The van der Waals surface area contributed by atoms with E-state index in [4.69, 9.17) is 0 Å². The first kappa shape index (κ1) is 35.7. The lowest BCUT2D eigenvalue weighted by molar-refractivity contribution is -0.315. The molecule has 0 radical (unpaired) electrons. The van der Waals surface area contributed by atoms with E-state index in [-0.39, 0.29) is 0 Å². The monoisotopic (exact) mass is 624 g/mol. The van der Waals surface area contributed by atoms with E-state index in [1.165, 1.54) is 0 Å². The third-order valence-electron chi connectivity index (χ3n) is 3.38. The van der Waals surface area contributed by atoms with Crippen LogP contribution in [0.1, 0.15) is 0 Å². The molecule has 0 bridgehead atoms. The number of hydrogen-bond donors (Lipinski definition) is 0. The van der Waals surface area contributed by atoms with Crippen molar-refractivity contribution in [1.29, 1.82) is 0 Å². The fourth-order valence-corrected chi connectivity index (χ4v) is 3.23. The minimum Gasteiger partial charge on any atom is -0.344 e. The molecule has 0 spiro atoms. The second kappa shape index (κ2) is 10.7. The third-order valence-corrected chi connectivity index (χ3v) is 5.37. The average Bonchev–Trinajstić information content (AvgIpc) is 2.63. The van der Waals surface area contributed by atoms with Crippen molar-refractivity contribution < 1.29 is 106 Å². The fourth-order valence-electron chi connectivity index (χ4n) is 1.29. The van der Waals surface area contributed by atoms with Gasteiger partial charge < -0.3 is 17.7 Å². The van der Waals surface area contributed by atoms with Crippen LogP contribution in [0.5, 0.6) is 0 Å². The van der Waals surface area contributed by atoms with E-state index in [1.807, 2.05) is 0 Å². The van der Waals surface area contributed by atoms with Gasteiger partial charge in [-0.25, -0.2) is 0 Å². The Balaban J connectivity index is 6.54. The molecule has 0 aromatic rings. The molecule has 224 valence electrons. The number of alkyl halides is 20. The van der Waals surface area contributed by atoms with E-state index in [1.54, 1.807) is 0 Å². The van der Waals surface area contributed by atoms with Gasteiger partial charge in [-0.3, -0.25) is 0 Å². The number of rotatable bonds is 12. The van der Waals surface area contributed by atoms with E-state index in [9.17, 15) is 87.8 Å². The average molecular weight is 624 g/mol. The second-order valence-electron chi connectivity index (χ2n) is 6.46. The third kappa shape index (κ3) is 9.41. The predicted octanol–water partition coefficient (Wildman–Crippen LogP) is 6.28. The van der Waals surface area contributed by atoms with Gasteiger partial charge in [-0.1, -0.05) is 0 Å². The first-order valence-corrected chi connectivity index (χ1v) is 9.80. The zero-order valence-corrected chi connectivity index (χ0v) is 17.5. The van der Waals surface area contributed by atoms with Gasteiger partial charge in [0.2, 0.25) is 0 Å². The Hall–Kier alpha value is -1.34. The van der Waals surface area contributed by atoms with E-state index >= 15 is 0 Å². The summed E-state index contributed by atoms with van der Waals surface area (Å²) in [4.78, 5) is 0. The smallest absolute Gasteiger partial charge is 0.344 e. The van der Waals surface area contributed by atoms with Crippen LogP contribution in [0.3, 0.4) is 0 Å². The molecule has 4 nitrogen and oxygen atoms in total. The summed E-state index contributed by atoms with van der Waals surface area (Å²) in [6, 6.07) is 0. The topological polar surface area (TPSA) is 36.9 Å². The van der Waals surface area contributed by atoms with Gasteiger partial charge in [0.1, 0.15) is 26.4 Å². The summed E-state index contributed by atoms with van der Waals surface area (Å²) in [5, 5.41) is 0. The largest absolute Gasteiger partial charge is 0.680 e. The summed E-state index contributed by atoms with van der Waals surface area (Å²) in [6.45, 7) is -14.1. The standard InChI is InChI=1S/C12H8F20O4Si/c13-5(14,9(21,22)23)1-33-37(34-2-6(15,16)10(24,25)26,35-3-7(17,18)11(27,28)29)36-4-8(19,20)12(30,31)32/h1-4H2. The molecule has 0 aliphatic heterocycles. The van der Waals surface area contributed by atoms with Gasteiger partial charge in [0.15, 0.2) is 0 Å². The van der Waals surface area contributed by atoms with Crippen molar-refractivity contribution in [2.75, 3.05) is 26.4 Å². The minimum atomic E-state index is -7.47. The lowest BCUT2D eigenvalue weighted by Crippen LogP contribution is -2.59. The molecule has 0 saturated heterocycles. The summed E-state index contributed by atoms with van der Waals surface area (Å²) < 4.78 is 265. The maximum atomic E-state index is 13.1. The van der Waals surface area contributed by atoms with Gasteiger partial charge in [-0.2, -0.15) is 87.8 Å². The summed E-state index contributed by atoms with van der Waals surface area (Å²) in [6.07, 6.45) is -27.1. The molecular formula is C12H8F20O4Si. The highest BCUT2D eigenvalue weighted by molar-refractivity contribution is 6.53. The van der Waals surface area contributed by atoms with Crippen LogP contribution in [-0.4, -0.2) is 83.9 Å². The molecule has 0 N–H and O–H groups in total. The van der Waals surface area contributed by atoms with Gasteiger partial charge in [0.25, 0.3) is 0 Å². The molecule has 0 aliphatic carbocycles. The maximum Gasteiger partial charge on any atom is 0.680 e. The Kier molecular flexibility index (Phi) is 10.3. The van der Waals surface area contributed by atoms with Crippen LogP contribution in [0.15, 0.2) is 0 Å². The first-order chi connectivity index (χ1) is 15.8. The molecule has 0 heterocycles. The van der Waals surface area contributed by atoms with E-state index in [0.29, 0.717) is 0 Å². The molecule has 0 aromatic heterocycles. The number of halogens is 20.